The molecule has 0 aliphatic heterocycles. The van der Waals surface area contributed by atoms with Crippen LogP contribution in [0.15, 0.2) is 237 Å². The zero-order valence-corrected chi connectivity index (χ0v) is 51.7. The van der Waals surface area contributed by atoms with Crippen LogP contribution in [0, 0.1) is 0 Å². The molecule has 0 bridgehead atoms. The van der Waals surface area contributed by atoms with Gasteiger partial charge in [-0.2, -0.15) is 0 Å². The van der Waals surface area contributed by atoms with Gasteiger partial charge in [-0.1, -0.05) is 322 Å². The second-order valence-electron chi connectivity index (χ2n) is 26.7. The van der Waals surface area contributed by atoms with Crippen molar-refractivity contribution in [3.05, 3.63) is 276 Å². The summed E-state index contributed by atoms with van der Waals surface area (Å²) in [5.74, 6) is 0. The Kier molecular flexibility index (Phi) is 16.0. The molecule has 0 amide bonds. The molecule has 0 radical (unpaired) electrons. The average molecular weight is 1140 g/mol. The van der Waals surface area contributed by atoms with Gasteiger partial charge in [0.15, 0.2) is 0 Å². The van der Waals surface area contributed by atoms with Crippen molar-refractivity contribution in [2.24, 2.45) is 0 Å². The Labute approximate surface area is 524 Å². The van der Waals surface area contributed by atoms with Crippen LogP contribution in [0.4, 0.5) is 0 Å². The standard InChI is InChI=1S/C88H84/c1-3-7-11-29-53-87(54-30-12-8-4-1)81-43-27-25-37-72(81)74-51-49-67(61-83(74)87)69-58-70(68-50-52-75-73-38-26-28-44-82(73)88(84(75)62-68)55-31-13-9-5-2-6-10-14-32-56-88)60-71(59-69)86-78-41-23-21-39-76(78)85(77-40-22-24-42-79(77)86)66-47-45-63(46-48-66)57-80(64-33-17-15-18-34-64)65-35-19-16-20-36-65/h15-28,33-52,57-62H,1-14,29-32,53-56H2. The Hall–Kier alpha value is -8.32. The molecule has 0 heteroatoms. The van der Waals surface area contributed by atoms with Crippen LogP contribution in [0.5, 0.6) is 0 Å². The van der Waals surface area contributed by atoms with Crippen LogP contribution in [0.1, 0.15) is 180 Å². The van der Waals surface area contributed by atoms with Crippen LogP contribution in [-0.2, 0) is 10.8 Å². The van der Waals surface area contributed by atoms with Gasteiger partial charge in [0.25, 0.3) is 0 Å². The van der Waals surface area contributed by atoms with E-state index in [1.165, 1.54) is 252 Å². The molecule has 11 aromatic rings. The molecule has 0 aromatic heterocycles. The van der Waals surface area contributed by atoms with Gasteiger partial charge in [0.1, 0.15) is 0 Å². The van der Waals surface area contributed by atoms with E-state index >= 15 is 0 Å². The number of fused-ring (bicyclic) bond motifs is 12. The lowest BCUT2D eigenvalue weighted by Crippen LogP contribution is -2.25. The molecule has 11 aromatic carbocycles. The van der Waals surface area contributed by atoms with E-state index in [0.717, 1.165) is 0 Å². The van der Waals surface area contributed by atoms with Crippen molar-refractivity contribution in [2.75, 3.05) is 0 Å². The van der Waals surface area contributed by atoms with E-state index in [2.05, 4.69) is 243 Å². The Morgan fingerprint density at radius 2 is 0.557 bits per heavy atom. The van der Waals surface area contributed by atoms with Crippen LogP contribution in [0.3, 0.4) is 0 Å². The first-order chi connectivity index (χ1) is 43.6. The largest absolute Gasteiger partial charge is 0.0622 e. The fourth-order valence-electron chi connectivity index (χ4n) is 17.1. The molecule has 0 N–H and O–H groups in total. The molecule has 0 saturated heterocycles. The minimum atomic E-state index is 0.0152. The van der Waals surface area contributed by atoms with E-state index in [9.17, 15) is 0 Å². The average Bonchev–Trinajstić information content (AvgIpc) is 1.45. The summed E-state index contributed by atoms with van der Waals surface area (Å²) < 4.78 is 0. The predicted octanol–water partition coefficient (Wildman–Crippen LogP) is 25.4. The van der Waals surface area contributed by atoms with Crippen molar-refractivity contribution < 1.29 is 0 Å². The molecule has 15 rings (SSSR count). The Morgan fingerprint density at radius 1 is 0.239 bits per heavy atom. The van der Waals surface area contributed by atoms with Gasteiger partial charge in [-0.05, 0) is 195 Å². The second kappa shape index (κ2) is 25.0. The monoisotopic (exact) mass is 1140 g/mol. The molecule has 88 heavy (non-hydrogen) atoms. The summed E-state index contributed by atoms with van der Waals surface area (Å²) in [5.41, 5.74) is 27.3. The first kappa shape index (κ1) is 56.2. The number of hydrogen-bond donors (Lipinski definition) is 0. The van der Waals surface area contributed by atoms with Gasteiger partial charge in [-0.25, -0.2) is 0 Å². The molecule has 0 nitrogen and oxygen atoms in total. The smallest absolute Gasteiger partial charge is 0.0215 e. The molecule has 436 valence electrons. The van der Waals surface area contributed by atoms with Crippen LogP contribution in [0.25, 0.3) is 100.0 Å². The molecular weight excluding hydrogens is 1060 g/mol. The highest BCUT2D eigenvalue weighted by atomic mass is 14.5. The van der Waals surface area contributed by atoms with Crippen LogP contribution < -0.4 is 0 Å². The van der Waals surface area contributed by atoms with Crippen molar-refractivity contribution in [1.82, 2.24) is 0 Å². The van der Waals surface area contributed by atoms with Gasteiger partial charge in [0.2, 0.25) is 0 Å². The van der Waals surface area contributed by atoms with E-state index in [-0.39, 0.29) is 10.8 Å². The van der Waals surface area contributed by atoms with Gasteiger partial charge in [-0.15, -0.1) is 0 Å². The zero-order valence-electron chi connectivity index (χ0n) is 51.7. The van der Waals surface area contributed by atoms with Crippen molar-refractivity contribution in [1.29, 1.82) is 0 Å². The summed E-state index contributed by atoms with van der Waals surface area (Å²) in [5, 5.41) is 5.12. The summed E-state index contributed by atoms with van der Waals surface area (Å²) in [6.45, 7) is 0. The third kappa shape index (κ3) is 10.6. The molecule has 0 unspecified atom stereocenters. The SMILES string of the molecule is C(=C(c1ccccc1)c1ccccc1)c1ccc(-c2c3ccccc3c(-c3cc(-c4ccc5c(c4)C4(CCCCCCCCCCC4)c4ccccc4-5)cc(-c4ccc5c(c4)C4(CCCCCCCCCCC4)c4ccccc4-5)c3)c3ccccc23)cc1. The molecule has 2 saturated carbocycles. The first-order valence-electron chi connectivity index (χ1n) is 34.2. The van der Waals surface area contributed by atoms with Crippen molar-refractivity contribution in [3.63, 3.8) is 0 Å². The predicted molar refractivity (Wildman–Crippen MR) is 377 cm³/mol. The summed E-state index contributed by atoms with van der Waals surface area (Å²) in [6, 6.07) is 91.7. The van der Waals surface area contributed by atoms with E-state index in [1.807, 2.05) is 0 Å². The van der Waals surface area contributed by atoms with Gasteiger partial charge in [0, 0.05) is 10.8 Å². The summed E-state index contributed by atoms with van der Waals surface area (Å²) in [7, 11) is 0. The lowest BCUT2D eigenvalue weighted by molar-refractivity contribution is 0.390. The minimum absolute atomic E-state index is 0.0152. The van der Waals surface area contributed by atoms with Crippen molar-refractivity contribution in [2.45, 2.75) is 152 Å². The fourth-order valence-corrected chi connectivity index (χ4v) is 17.1. The topological polar surface area (TPSA) is 0 Å². The highest BCUT2D eigenvalue weighted by Gasteiger charge is 2.44. The molecule has 2 spiro atoms. The Balaban J connectivity index is 0.913. The van der Waals surface area contributed by atoms with E-state index < -0.39 is 0 Å². The number of rotatable bonds is 7. The number of hydrogen-bond acceptors (Lipinski definition) is 0. The summed E-state index contributed by atoms with van der Waals surface area (Å²) in [4.78, 5) is 0. The fraction of sp³-hybridized carbons (Fsp3) is 0.273. The van der Waals surface area contributed by atoms with Gasteiger partial charge in [-0.3, -0.25) is 0 Å². The van der Waals surface area contributed by atoms with Crippen LogP contribution >= 0.6 is 0 Å². The molecule has 2 fully saturated rings. The van der Waals surface area contributed by atoms with E-state index in [0.29, 0.717) is 0 Å². The lowest BCUT2D eigenvalue weighted by Gasteiger charge is -2.33. The maximum absolute atomic E-state index is 2.68. The Morgan fingerprint density at radius 3 is 0.966 bits per heavy atom. The van der Waals surface area contributed by atoms with Gasteiger partial charge >= 0.3 is 0 Å². The molecular formula is C88H84. The van der Waals surface area contributed by atoms with Gasteiger partial charge in [0.05, 0.1) is 0 Å². The third-order valence-corrected chi connectivity index (χ3v) is 21.4. The molecule has 4 aliphatic carbocycles. The molecule has 0 heterocycles. The molecule has 0 atom stereocenters. The van der Waals surface area contributed by atoms with Gasteiger partial charge < -0.3 is 0 Å². The normalized spacial score (nSPS) is 16.7. The third-order valence-electron chi connectivity index (χ3n) is 21.4. The minimum Gasteiger partial charge on any atom is -0.0622 e. The Bertz CT molecular complexity index is 4050. The second-order valence-corrected chi connectivity index (χ2v) is 26.7. The van der Waals surface area contributed by atoms with Crippen molar-refractivity contribution >= 4 is 33.2 Å². The number of benzene rings is 11. The van der Waals surface area contributed by atoms with E-state index in [4.69, 9.17) is 0 Å². The van der Waals surface area contributed by atoms with E-state index in [1.54, 1.807) is 22.3 Å². The van der Waals surface area contributed by atoms with Crippen LogP contribution in [0.2, 0.25) is 0 Å². The quantitative estimate of drug-likeness (QED) is 0.110. The maximum atomic E-state index is 2.68. The summed E-state index contributed by atoms with van der Waals surface area (Å²) >= 11 is 0. The zero-order chi connectivity index (χ0) is 58.7. The lowest BCUT2D eigenvalue weighted by atomic mass is 9.70. The van der Waals surface area contributed by atoms with Crippen LogP contribution in [-0.4, -0.2) is 0 Å². The highest BCUT2D eigenvalue weighted by molar-refractivity contribution is 6.21. The molecule has 4 aliphatic rings. The highest BCUT2D eigenvalue weighted by Crippen LogP contribution is 2.58. The van der Waals surface area contributed by atoms with Crippen molar-refractivity contribution in [3.8, 4) is 66.8 Å². The summed E-state index contributed by atoms with van der Waals surface area (Å²) in [6.07, 6.45) is 31.4. The maximum Gasteiger partial charge on any atom is 0.0215 e. The first-order valence-corrected chi connectivity index (χ1v) is 34.2.